The maximum absolute atomic E-state index is 12.9. The highest BCUT2D eigenvalue weighted by Gasteiger charge is 2.34. The van der Waals surface area contributed by atoms with Gasteiger partial charge < -0.3 is 10.6 Å². The Hall–Kier alpha value is -2.47. The van der Waals surface area contributed by atoms with Gasteiger partial charge in [-0.1, -0.05) is 29.8 Å². The van der Waals surface area contributed by atoms with Gasteiger partial charge in [0, 0.05) is 24.4 Å². The highest BCUT2D eigenvalue weighted by molar-refractivity contribution is 7.21. The van der Waals surface area contributed by atoms with E-state index in [1.807, 2.05) is 18.7 Å². The van der Waals surface area contributed by atoms with Crippen molar-refractivity contribution in [3.8, 4) is 0 Å². The lowest BCUT2D eigenvalue weighted by Crippen LogP contribution is -2.48. The van der Waals surface area contributed by atoms with Gasteiger partial charge in [0.1, 0.15) is 9.71 Å². The smallest absolute Gasteiger partial charge is 0.266 e. The summed E-state index contributed by atoms with van der Waals surface area (Å²) in [5.74, 6) is 0.407. The zero-order valence-electron chi connectivity index (χ0n) is 14.5. The predicted octanol–water partition coefficient (Wildman–Crippen LogP) is 3.44. The first-order valence-electron chi connectivity index (χ1n) is 8.33. The number of hydrogen-bond donors (Lipinski definition) is 1. The molecular weight excluding hydrogens is 332 g/mol. The zero-order valence-corrected chi connectivity index (χ0v) is 15.4. The van der Waals surface area contributed by atoms with Gasteiger partial charge in [0.05, 0.1) is 11.4 Å². The normalized spacial score (nSPS) is 14.8. The summed E-state index contributed by atoms with van der Waals surface area (Å²) in [7, 11) is 0. The van der Waals surface area contributed by atoms with E-state index in [0.29, 0.717) is 16.5 Å². The van der Waals surface area contributed by atoms with Crippen molar-refractivity contribution in [1.29, 1.82) is 0 Å². The standard InChI is InChI=1S/C19H20N4OS/c1-10-5-4-6-13(7-10)14-8-23(9-14)19(24)17-16(20)15-11(2)12(3)21-22-18(15)25-17/h4-7,14H,8-9,20H2,1-3H3. The molecule has 1 amide bonds. The number of aromatic nitrogens is 2. The molecule has 1 aliphatic rings. The Morgan fingerprint density at radius 2 is 2.00 bits per heavy atom. The number of nitrogens with two attached hydrogens (primary N) is 1. The number of carbonyl (C=O) groups is 1. The second kappa shape index (κ2) is 5.81. The molecule has 5 nitrogen and oxygen atoms in total. The summed E-state index contributed by atoms with van der Waals surface area (Å²) in [6.07, 6.45) is 0. The van der Waals surface area contributed by atoms with E-state index in [1.54, 1.807) is 0 Å². The van der Waals surface area contributed by atoms with Crippen LogP contribution in [0.15, 0.2) is 24.3 Å². The number of benzene rings is 1. The number of aryl methyl sites for hydroxylation is 3. The van der Waals surface area contributed by atoms with Crippen LogP contribution in [0.2, 0.25) is 0 Å². The van der Waals surface area contributed by atoms with E-state index in [4.69, 9.17) is 5.73 Å². The highest BCUT2D eigenvalue weighted by Crippen LogP contribution is 2.37. The molecule has 0 aliphatic carbocycles. The minimum Gasteiger partial charge on any atom is -0.397 e. The summed E-state index contributed by atoms with van der Waals surface area (Å²) in [5, 5.41) is 9.21. The van der Waals surface area contributed by atoms with E-state index < -0.39 is 0 Å². The van der Waals surface area contributed by atoms with Gasteiger partial charge in [-0.2, -0.15) is 5.10 Å². The van der Waals surface area contributed by atoms with Crippen molar-refractivity contribution in [1.82, 2.24) is 15.1 Å². The molecule has 128 valence electrons. The van der Waals surface area contributed by atoms with Gasteiger partial charge in [-0.3, -0.25) is 4.79 Å². The zero-order chi connectivity index (χ0) is 17.7. The molecule has 2 N–H and O–H groups in total. The Balaban J connectivity index is 1.58. The van der Waals surface area contributed by atoms with Gasteiger partial charge >= 0.3 is 0 Å². The molecule has 0 bridgehead atoms. The van der Waals surface area contributed by atoms with Gasteiger partial charge in [0.25, 0.3) is 5.91 Å². The van der Waals surface area contributed by atoms with Gasteiger partial charge in [0.15, 0.2) is 0 Å². The molecule has 3 aromatic rings. The van der Waals surface area contributed by atoms with Gasteiger partial charge in [-0.05, 0) is 31.9 Å². The largest absolute Gasteiger partial charge is 0.397 e. The first kappa shape index (κ1) is 16.0. The summed E-state index contributed by atoms with van der Waals surface area (Å²) in [6, 6.07) is 8.49. The third kappa shape index (κ3) is 2.57. The molecule has 1 saturated heterocycles. The van der Waals surface area contributed by atoms with Crippen molar-refractivity contribution in [3.05, 3.63) is 51.5 Å². The first-order chi connectivity index (χ1) is 12.0. The lowest BCUT2D eigenvalue weighted by atomic mass is 9.90. The second-order valence-electron chi connectivity index (χ2n) is 6.76. The van der Waals surface area contributed by atoms with Gasteiger partial charge in [-0.25, -0.2) is 0 Å². The molecule has 0 spiro atoms. The highest BCUT2D eigenvalue weighted by atomic mass is 32.1. The number of rotatable bonds is 2. The van der Waals surface area contributed by atoms with E-state index in [9.17, 15) is 4.79 Å². The molecule has 0 atom stereocenters. The lowest BCUT2D eigenvalue weighted by Gasteiger charge is -2.39. The van der Waals surface area contributed by atoms with Crippen LogP contribution < -0.4 is 5.73 Å². The Labute approximate surface area is 150 Å². The Bertz CT molecular complexity index is 988. The number of likely N-dealkylation sites (tertiary alicyclic amines) is 1. The van der Waals surface area contributed by atoms with E-state index >= 15 is 0 Å². The van der Waals surface area contributed by atoms with E-state index in [1.165, 1.54) is 22.5 Å². The summed E-state index contributed by atoms with van der Waals surface area (Å²) in [6.45, 7) is 7.44. The molecule has 0 unspecified atom stereocenters. The fourth-order valence-corrected chi connectivity index (χ4v) is 4.39. The summed E-state index contributed by atoms with van der Waals surface area (Å²) in [4.78, 5) is 16.1. The molecule has 1 aliphatic heterocycles. The Morgan fingerprint density at radius 3 is 2.72 bits per heavy atom. The molecule has 3 heterocycles. The molecule has 4 rings (SSSR count). The van der Waals surface area contributed by atoms with Crippen LogP contribution in [-0.4, -0.2) is 34.1 Å². The quantitative estimate of drug-likeness (QED) is 0.767. The fourth-order valence-electron chi connectivity index (χ4n) is 3.32. The van der Waals surface area contributed by atoms with Crippen LogP contribution in [0, 0.1) is 20.8 Å². The van der Waals surface area contributed by atoms with Crippen LogP contribution in [0.25, 0.3) is 10.2 Å². The van der Waals surface area contributed by atoms with Crippen LogP contribution in [0.1, 0.15) is 38.0 Å². The molecule has 1 fully saturated rings. The lowest BCUT2D eigenvalue weighted by molar-refractivity contribution is 0.0608. The SMILES string of the molecule is Cc1cccc(C2CN(C(=O)c3sc4nnc(C)c(C)c4c3N)C2)c1. The Kier molecular flexibility index (Phi) is 3.72. The molecule has 0 radical (unpaired) electrons. The summed E-state index contributed by atoms with van der Waals surface area (Å²) >= 11 is 1.34. The van der Waals surface area contributed by atoms with Crippen molar-refractivity contribution in [2.75, 3.05) is 18.8 Å². The predicted molar refractivity (Wildman–Crippen MR) is 101 cm³/mol. The minimum absolute atomic E-state index is 0.00135. The van der Waals surface area contributed by atoms with Crippen molar-refractivity contribution < 1.29 is 4.79 Å². The van der Waals surface area contributed by atoms with Gasteiger partial charge in [0.2, 0.25) is 0 Å². The van der Waals surface area contributed by atoms with Crippen LogP contribution >= 0.6 is 11.3 Å². The second-order valence-corrected chi connectivity index (χ2v) is 7.76. The maximum Gasteiger partial charge on any atom is 0.266 e. The first-order valence-corrected chi connectivity index (χ1v) is 9.15. The van der Waals surface area contributed by atoms with Crippen LogP contribution in [0.3, 0.4) is 0 Å². The topological polar surface area (TPSA) is 72.1 Å². The molecule has 6 heteroatoms. The summed E-state index contributed by atoms with van der Waals surface area (Å²) < 4.78 is 0. The van der Waals surface area contributed by atoms with Crippen LogP contribution in [0.5, 0.6) is 0 Å². The van der Waals surface area contributed by atoms with Crippen molar-refractivity contribution in [2.45, 2.75) is 26.7 Å². The molecular formula is C19H20N4OS. The number of nitrogens with zero attached hydrogens (tertiary/aromatic N) is 3. The van der Waals surface area contributed by atoms with Gasteiger partial charge in [-0.15, -0.1) is 16.4 Å². The average molecular weight is 352 g/mol. The van der Waals surface area contributed by atoms with Crippen molar-refractivity contribution in [3.63, 3.8) is 0 Å². The number of anilines is 1. The number of fused-ring (bicyclic) bond motifs is 1. The Morgan fingerprint density at radius 1 is 1.24 bits per heavy atom. The third-order valence-electron chi connectivity index (χ3n) is 5.01. The molecule has 1 aromatic carbocycles. The number of carbonyl (C=O) groups excluding carboxylic acids is 1. The average Bonchev–Trinajstić information content (AvgIpc) is 2.87. The fraction of sp³-hybridized carbons (Fsp3) is 0.316. The van der Waals surface area contributed by atoms with Crippen molar-refractivity contribution >= 4 is 33.1 Å². The maximum atomic E-state index is 12.9. The van der Waals surface area contributed by atoms with E-state index in [0.717, 1.165) is 34.6 Å². The summed E-state index contributed by atoms with van der Waals surface area (Å²) in [5.41, 5.74) is 11.2. The molecule has 0 saturated carbocycles. The number of thiophene rings is 1. The monoisotopic (exact) mass is 352 g/mol. The minimum atomic E-state index is 0.00135. The number of amides is 1. The van der Waals surface area contributed by atoms with Crippen LogP contribution in [0.4, 0.5) is 5.69 Å². The van der Waals surface area contributed by atoms with Crippen molar-refractivity contribution in [2.24, 2.45) is 0 Å². The number of nitrogen functional groups attached to an aromatic ring is 1. The molecule has 25 heavy (non-hydrogen) atoms. The van der Waals surface area contributed by atoms with E-state index in [-0.39, 0.29) is 5.91 Å². The number of hydrogen-bond acceptors (Lipinski definition) is 5. The van der Waals surface area contributed by atoms with Crippen LogP contribution in [-0.2, 0) is 0 Å². The third-order valence-corrected chi connectivity index (χ3v) is 6.09. The molecule has 2 aromatic heterocycles. The van der Waals surface area contributed by atoms with E-state index in [2.05, 4.69) is 41.4 Å².